The van der Waals surface area contributed by atoms with Gasteiger partial charge in [-0.15, -0.1) is 0 Å². The standard InChI is InChI=1S/C13H18ClNO4S/c1-13(2,3)20(17,18)7-6-19-12(16)10-8-9(15)4-5-11(10)14/h4-5,8H,6-7,15H2,1-3H3. The molecule has 0 aromatic heterocycles. The SMILES string of the molecule is CC(C)(C)S(=O)(=O)CCOC(=O)c1cc(N)ccc1Cl. The normalized spacial score (nSPS) is 12.2. The van der Waals surface area contributed by atoms with E-state index >= 15 is 0 Å². The zero-order chi connectivity index (χ0) is 15.6. The molecule has 20 heavy (non-hydrogen) atoms. The molecule has 0 saturated heterocycles. The molecule has 0 saturated carbocycles. The van der Waals surface area contributed by atoms with Crippen LogP contribution in [0.4, 0.5) is 5.69 Å². The number of carbonyl (C=O) groups excluding carboxylic acids is 1. The fourth-order valence-corrected chi connectivity index (χ4v) is 2.44. The fourth-order valence-electron chi connectivity index (χ4n) is 1.33. The van der Waals surface area contributed by atoms with Crippen LogP contribution < -0.4 is 5.73 Å². The van der Waals surface area contributed by atoms with Gasteiger partial charge in [0, 0.05) is 5.69 Å². The molecule has 2 N–H and O–H groups in total. The van der Waals surface area contributed by atoms with Crippen LogP contribution in [0, 0.1) is 0 Å². The number of hydrogen-bond acceptors (Lipinski definition) is 5. The van der Waals surface area contributed by atoms with Crippen molar-refractivity contribution in [3.05, 3.63) is 28.8 Å². The summed E-state index contributed by atoms with van der Waals surface area (Å²) in [5.41, 5.74) is 6.06. The average molecular weight is 320 g/mol. The number of benzene rings is 1. The van der Waals surface area contributed by atoms with Gasteiger partial charge in [0.25, 0.3) is 0 Å². The summed E-state index contributed by atoms with van der Waals surface area (Å²) in [6, 6.07) is 4.44. The number of hydrogen-bond donors (Lipinski definition) is 1. The van der Waals surface area contributed by atoms with Crippen LogP contribution in [-0.2, 0) is 14.6 Å². The van der Waals surface area contributed by atoms with Crippen molar-refractivity contribution in [1.82, 2.24) is 0 Å². The number of nitrogens with two attached hydrogens (primary N) is 1. The summed E-state index contributed by atoms with van der Waals surface area (Å²) in [6.07, 6.45) is 0. The van der Waals surface area contributed by atoms with Crippen molar-refractivity contribution in [2.75, 3.05) is 18.1 Å². The Morgan fingerprint density at radius 1 is 1.35 bits per heavy atom. The van der Waals surface area contributed by atoms with E-state index in [9.17, 15) is 13.2 Å². The Morgan fingerprint density at radius 3 is 2.50 bits per heavy atom. The van der Waals surface area contributed by atoms with Crippen LogP contribution in [0.1, 0.15) is 31.1 Å². The lowest BCUT2D eigenvalue weighted by Crippen LogP contribution is -2.32. The first-order valence-electron chi connectivity index (χ1n) is 5.99. The van der Waals surface area contributed by atoms with Crippen LogP contribution in [-0.4, -0.2) is 31.5 Å². The van der Waals surface area contributed by atoms with Crippen LogP contribution in [0.25, 0.3) is 0 Å². The molecule has 0 aliphatic rings. The molecule has 1 rings (SSSR count). The van der Waals surface area contributed by atoms with Gasteiger partial charge in [0.15, 0.2) is 9.84 Å². The van der Waals surface area contributed by atoms with Gasteiger partial charge in [-0.3, -0.25) is 0 Å². The van der Waals surface area contributed by atoms with E-state index in [1.165, 1.54) is 12.1 Å². The first-order valence-corrected chi connectivity index (χ1v) is 8.02. The Kier molecular flexibility index (Phi) is 5.05. The Balaban J connectivity index is 2.68. The molecule has 1 aromatic rings. The zero-order valence-electron chi connectivity index (χ0n) is 11.6. The molecular weight excluding hydrogens is 302 g/mol. The highest BCUT2D eigenvalue weighted by atomic mass is 35.5. The maximum atomic E-state index is 11.9. The van der Waals surface area contributed by atoms with Crippen LogP contribution in [0.3, 0.4) is 0 Å². The van der Waals surface area contributed by atoms with Gasteiger partial charge in [-0.05, 0) is 39.0 Å². The van der Waals surface area contributed by atoms with Crippen molar-refractivity contribution < 1.29 is 17.9 Å². The summed E-state index contributed by atoms with van der Waals surface area (Å²) in [6.45, 7) is 4.57. The maximum absolute atomic E-state index is 11.9. The lowest BCUT2D eigenvalue weighted by molar-refractivity contribution is 0.0529. The summed E-state index contributed by atoms with van der Waals surface area (Å²) in [7, 11) is -3.33. The average Bonchev–Trinajstić information content (AvgIpc) is 2.30. The van der Waals surface area contributed by atoms with Gasteiger partial charge < -0.3 is 10.5 Å². The van der Waals surface area contributed by atoms with E-state index in [2.05, 4.69) is 0 Å². The number of halogens is 1. The largest absolute Gasteiger partial charge is 0.461 e. The van der Waals surface area contributed by atoms with Crippen LogP contribution in [0.5, 0.6) is 0 Å². The van der Waals surface area contributed by atoms with Crippen LogP contribution in [0.15, 0.2) is 18.2 Å². The lowest BCUT2D eigenvalue weighted by atomic mass is 10.2. The molecule has 0 atom stereocenters. The predicted octanol–water partition coefficient (Wildman–Crippen LogP) is 2.29. The van der Waals surface area contributed by atoms with Crippen LogP contribution in [0.2, 0.25) is 5.02 Å². The second kappa shape index (κ2) is 6.01. The highest BCUT2D eigenvalue weighted by Crippen LogP contribution is 2.20. The van der Waals surface area contributed by atoms with Crippen molar-refractivity contribution in [3.63, 3.8) is 0 Å². The van der Waals surface area contributed by atoms with E-state index in [0.717, 1.165) is 0 Å². The second-order valence-corrected chi connectivity index (χ2v) is 8.58. The number of sulfone groups is 1. The molecule has 0 unspecified atom stereocenters. The topological polar surface area (TPSA) is 86.5 Å². The van der Waals surface area contributed by atoms with E-state index in [1.54, 1.807) is 26.8 Å². The second-order valence-electron chi connectivity index (χ2n) is 5.31. The predicted molar refractivity (Wildman–Crippen MR) is 79.7 cm³/mol. The van der Waals surface area contributed by atoms with Crippen molar-refractivity contribution in [2.24, 2.45) is 0 Å². The number of nitrogen functional groups attached to an aromatic ring is 1. The third-order valence-electron chi connectivity index (χ3n) is 2.73. The van der Waals surface area contributed by atoms with Crippen molar-refractivity contribution in [2.45, 2.75) is 25.5 Å². The fraction of sp³-hybridized carbons (Fsp3) is 0.462. The first-order chi connectivity index (χ1) is 9.04. The molecule has 112 valence electrons. The summed E-state index contributed by atoms with van der Waals surface area (Å²) in [5.74, 6) is -0.922. The Morgan fingerprint density at radius 2 is 1.95 bits per heavy atom. The minimum atomic E-state index is -3.33. The minimum Gasteiger partial charge on any atom is -0.461 e. The van der Waals surface area contributed by atoms with E-state index in [1.807, 2.05) is 0 Å². The number of rotatable bonds is 4. The molecule has 0 radical (unpaired) electrons. The molecule has 0 amide bonds. The van der Waals surface area contributed by atoms with Gasteiger partial charge in [0.2, 0.25) is 0 Å². The summed E-state index contributed by atoms with van der Waals surface area (Å²) in [4.78, 5) is 11.8. The summed E-state index contributed by atoms with van der Waals surface area (Å²) >= 11 is 5.86. The first kappa shape index (κ1) is 16.8. The number of carbonyl (C=O) groups is 1. The molecule has 0 fully saturated rings. The number of anilines is 1. The minimum absolute atomic E-state index is 0.125. The van der Waals surface area contributed by atoms with E-state index < -0.39 is 20.6 Å². The third kappa shape index (κ3) is 4.11. The van der Waals surface area contributed by atoms with Crippen molar-refractivity contribution >= 4 is 33.1 Å². The highest BCUT2D eigenvalue weighted by molar-refractivity contribution is 7.92. The smallest absolute Gasteiger partial charge is 0.339 e. The molecule has 0 aliphatic carbocycles. The monoisotopic (exact) mass is 319 g/mol. The molecule has 7 heteroatoms. The summed E-state index contributed by atoms with van der Waals surface area (Å²) in [5, 5.41) is 0.211. The maximum Gasteiger partial charge on any atom is 0.339 e. The molecule has 5 nitrogen and oxygen atoms in total. The van der Waals surface area contributed by atoms with Crippen LogP contribution >= 0.6 is 11.6 Å². The molecule has 0 spiro atoms. The van der Waals surface area contributed by atoms with Gasteiger partial charge in [-0.1, -0.05) is 11.6 Å². The van der Waals surface area contributed by atoms with Gasteiger partial charge >= 0.3 is 5.97 Å². The lowest BCUT2D eigenvalue weighted by Gasteiger charge is -2.18. The molecule has 0 aliphatic heterocycles. The van der Waals surface area contributed by atoms with Gasteiger partial charge in [-0.25, -0.2) is 13.2 Å². The Hall–Kier alpha value is -1.27. The quantitative estimate of drug-likeness (QED) is 0.679. The Labute approximate surface area is 124 Å². The van der Waals surface area contributed by atoms with Gasteiger partial charge in [0.05, 0.1) is 21.1 Å². The molecule has 0 heterocycles. The molecule has 0 bridgehead atoms. The highest BCUT2D eigenvalue weighted by Gasteiger charge is 2.29. The molecular formula is C13H18ClNO4S. The van der Waals surface area contributed by atoms with E-state index in [0.29, 0.717) is 5.69 Å². The summed E-state index contributed by atoms with van der Waals surface area (Å²) < 4.78 is 27.8. The Bertz CT molecular complexity index is 605. The van der Waals surface area contributed by atoms with Gasteiger partial charge in [-0.2, -0.15) is 0 Å². The van der Waals surface area contributed by atoms with Gasteiger partial charge in [0.1, 0.15) is 6.61 Å². The van der Waals surface area contributed by atoms with Crippen molar-refractivity contribution in [1.29, 1.82) is 0 Å². The number of ether oxygens (including phenoxy) is 1. The third-order valence-corrected chi connectivity index (χ3v) is 5.63. The molecule has 1 aromatic carbocycles. The van der Waals surface area contributed by atoms with E-state index in [4.69, 9.17) is 22.1 Å². The zero-order valence-corrected chi connectivity index (χ0v) is 13.2. The van der Waals surface area contributed by atoms with Crippen molar-refractivity contribution in [3.8, 4) is 0 Å². The van der Waals surface area contributed by atoms with E-state index in [-0.39, 0.29) is 22.9 Å². The number of esters is 1.